The number of hydrazone groups is 1. The molecule has 1 aromatic heterocycles. The Bertz CT molecular complexity index is 887. The third kappa shape index (κ3) is 3.21. The predicted octanol–water partition coefficient (Wildman–Crippen LogP) is 3.15. The number of carbonyl (C=O) groups excluding carboxylic acids is 2. The summed E-state index contributed by atoms with van der Waals surface area (Å²) >= 11 is 3.35. The molecule has 0 bridgehead atoms. The zero-order valence-corrected chi connectivity index (χ0v) is 14.3. The van der Waals surface area contributed by atoms with Gasteiger partial charge in [0.25, 0.3) is 5.91 Å². The summed E-state index contributed by atoms with van der Waals surface area (Å²) in [5.41, 5.74) is 3.92. The van der Waals surface area contributed by atoms with Crippen molar-refractivity contribution in [3.63, 3.8) is 0 Å². The number of aromatic amines is 1. The van der Waals surface area contributed by atoms with E-state index in [-0.39, 0.29) is 23.9 Å². The summed E-state index contributed by atoms with van der Waals surface area (Å²) < 4.78 is 0.818. The van der Waals surface area contributed by atoms with Crippen LogP contribution in [0.25, 0.3) is 10.9 Å². The van der Waals surface area contributed by atoms with Gasteiger partial charge in [0.2, 0.25) is 11.8 Å². The second kappa shape index (κ2) is 6.52. The van der Waals surface area contributed by atoms with E-state index in [9.17, 15) is 14.7 Å². The summed E-state index contributed by atoms with van der Waals surface area (Å²) in [4.78, 5) is 26.2. The second-order valence-corrected chi connectivity index (χ2v) is 6.34. The maximum Gasteiger partial charge on any atom is 0.264 e. The Labute approximate surface area is 145 Å². The molecule has 8 nitrogen and oxygen atoms in total. The van der Waals surface area contributed by atoms with Gasteiger partial charge >= 0.3 is 0 Å². The molecule has 0 fully saturated rings. The molecule has 24 heavy (non-hydrogen) atoms. The van der Waals surface area contributed by atoms with Gasteiger partial charge in [-0.05, 0) is 31.5 Å². The fraction of sp³-hybridized carbons (Fsp3) is 0.267. The topological polar surface area (TPSA) is 119 Å². The lowest BCUT2D eigenvalue weighted by atomic mass is 9.99. The minimum atomic E-state index is -0.466. The number of aromatic nitrogens is 1. The number of nitrogens with one attached hydrogen (secondary N) is 2. The molecule has 2 amide bonds. The van der Waals surface area contributed by atoms with E-state index in [0.29, 0.717) is 23.0 Å². The number of nitrogens with zero attached hydrogens (tertiary/aromatic N) is 3. The first-order chi connectivity index (χ1) is 11.5. The summed E-state index contributed by atoms with van der Waals surface area (Å²) in [7, 11) is 0. The van der Waals surface area contributed by atoms with E-state index in [1.54, 1.807) is 19.1 Å². The monoisotopic (exact) mass is 391 g/mol. The van der Waals surface area contributed by atoms with Gasteiger partial charge in [0, 0.05) is 22.0 Å². The van der Waals surface area contributed by atoms with Crippen molar-refractivity contribution in [2.24, 2.45) is 21.2 Å². The van der Waals surface area contributed by atoms with Crippen molar-refractivity contribution in [1.29, 1.82) is 0 Å². The van der Waals surface area contributed by atoms with E-state index in [1.165, 1.54) is 0 Å². The summed E-state index contributed by atoms with van der Waals surface area (Å²) in [5, 5.41) is 21.9. The number of amides is 2. The van der Waals surface area contributed by atoms with Crippen LogP contribution in [0.2, 0.25) is 0 Å². The number of H-pyrrole nitrogens is 1. The molecule has 1 aliphatic heterocycles. The van der Waals surface area contributed by atoms with Gasteiger partial charge < -0.3 is 10.1 Å². The number of carbonyl (C=O) groups is 2. The standard InChI is InChI=1S/C15H14BrN5O3/c1-7-9(14(23)21-18-7)3-5-12(22)19-20-13-10-6-8(16)2-4-11(10)17-15(13)24/h2,4,6,9,17,24H,3,5H2,1H3,(H,21,23). The van der Waals surface area contributed by atoms with Gasteiger partial charge in [-0.3, -0.25) is 9.59 Å². The maximum atomic E-state index is 11.9. The highest BCUT2D eigenvalue weighted by Gasteiger charge is 2.27. The molecule has 2 aromatic rings. The van der Waals surface area contributed by atoms with E-state index >= 15 is 0 Å². The Morgan fingerprint density at radius 3 is 2.96 bits per heavy atom. The smallest absolute Gasteiger partial charge is 0.264 e. The SMILES string of the molecule is CC1=NNC(=O)C1CCC(=O)N=Nc1c(O)[nH]c2ccc(Br)cc12. The molecule has 1 aliphatic rings. The minimum Gasteiger partial charge on any atom is -0.493 e. The molecule has 3 rings (SSSR count). The van der Waals surface area contributed by atoms with Crippen molar-refractivity contribution in [3.8, 4) is 5.88 Å². The van der Waals surface area contributed by atoms with Crippen LogP contribution in [0.1, 0.15) is 19.8 Å². The number of fused-ring (bicyclic) bond motifs is 1. The average molecular weight is 392 g/mol. The van der Waals surface area contributed by atoms with E-state index in [2.05, 4.69) is 41.7 Å². The first-order valence-corrected chi connectivity index (χ1v) is 8.04. The van der Waals surface area contributed by atoms with Crippen LogP contribution in [0.4, 0.5) is 5.69 Å². The Morgan fingerprint density at radius 2 is 2.25 bits per heavy atom. The van der Waals surface area contributed by atoms with Crippen molar-refractivity contribution in [2.45, 2.75) is 19.8 Å². The maximum absolute atomic E-state index is 11.9. The molecule has 1 atom stereocenters. The molecular weight excluding hydrogens is 378 g/mol. The van der Waals surface area contributed by atoms with Crippen LogP contribution in [0.15, 0.2) is 38.0 Å². The highest BCUT2D eigenvalue weighted by Crippen LogP contribution is 2.36. The third-order valence-corrected chi connectivity index (χ3v) is 4.28. The van der Waals surface area contributed by atoms with Gasteiger partial charge in [-0.1, -0.05) is 15.9 Å². The summed E-state index contributed by atoms with van der Waals surface area (Å²) in [6.45, 7) is 1.73. The van der Waals surface area contributed by atoms with Gasteiger partial charge in [-0.15, -0.1) is 10.2 Å². The fourth-order valence-corrected chi connectivity index (χ4v) is 2.85. The van der Waals surface area contributed by atoms with Crippen molar-refractivity contribution in [1.82, 2.24) is 10.4 Å². The third-order valence-electron chi connectivity index (χ3n) is 3.79. The van der Waals surface area contributed by atoms with Crippen molar-refractivity contribution in [2.75, 3.05) is 0 Å². The minimum absolute atomic E-state index is 0.0707. The molecule has 0 saturated heterocycles. The number of benzene rings is 1. The number of hydrogen-bond donors (Lipinski definition) is 3. The number of azo groups is 1. The van der Waals surface area contributed by atoms with Crippen LogP contribution in [0, 0.1) is 5.92 Å². The lowest BCUT2D eigenvalue weighted by Crippen LogP contribution is -2.22. The van der Waals surface area contributed by atoms with Gasteiger partial charge in [-0.25, -0.2) is 5.43 Å². The van der Waals surface area contributed by atoms with Crippen molar-refractivity contribution in [3.05, 3.63) is 22.7 Å². The molecule has 1 aromatic carbocycles. The number of rotatable bonds is 4. The Kier molecular flexibility index (Phi) is 4.43. The van der Waals surface area contributed by atoms with Crippen LogP contribution >= 0.6 is 15.9 Å². The molecule has 2 heterocycles. The van der Waals surface area contributed by atoms with Gasteiger partial charge in [-0.2, -0.15) is 5.10 Å². The lowest BCUT2D eigenvalue weighted by Gasteiger charge is -2.04. The highest BCUT2D eigenvalue weighted by molar-refractivity contribution is 9.10. The predicted molar refractivity (Wildman–Crippen MR) is 91.2 cm³/mol. The molecular formula is C15H14BrN5O3. The highest BCUT2D eigenvalue weighted by atomic mass is 79.9. The Morgan fingerprint density at radius 1 is 1.46 bits per heavy atom. The zero-order valence-electron chi connectivity index (χ0n) is 12.7. The molecule has 0 radical (unpaired) electrons. The van der Waals surface area contributed by atoms with E-state index in [4.69, 9.17) is 0 Å². The zero-order chi connectivity index (χ0) is 17.3. The van der Waals surface area contributed by atoms with Gasteiger partial charge in [0.05, 0.1) is 11.4 Å². The largest absolute Gasteiger partial charge is 0.493 e. The van der Waals surface area contributed by atoms with Crippen LogP contribution in [0.5, 0.6) is 5.88 Å². The Balaban J connectivity index is 1.70. The van der Waals surface area contributed by atoms with E-state index in [1.807, 2.05) is 6.07 Å². The number of aromatic hydroxyl groups is 1. The second-order valence-electron chi connectivity index (χ2n) is 5.43. The molecule has 1 unspecified atom stereocenters. The summed E-state index contributed by atoms with van der Waals surface area (Å²) in [5.74, 6) is -1.23. The normalized spacial score (nSPS) is 17.5. The molecule has 0 aliphatic carbocycles. The average Bonchev–Trinajstić information content (AvgIpc) is 3.02. The number of hydrogen-bond acceptors (Lipinski definition) is 5. The van der Waals surface area contributed by atoms with E-state index in [0.717, 1.165) is 4.47 Å². The first kappa shape index (κ1) is 16.3. The molecule has 0 saturated carbocycles. The Hall–Kier alpha value is -2.55. The van der Waals surface area contributed by atoms with Crippen LogP contribution in [-0.4, -0.2) is 27.6 Å². The lowest BCUT2D eigenvalue weighted by molar-refractivity contribution is -0.122. The van der Waals surface area contributed by atoms with Crippen LogP contribution < -0.4 is 5.43 Å². The summed E-state index contributed by atoms with van der Waals surface area (Å²) in [6.07, 6.45) is 0.395. The summed E-state index contributed by atoms with van der Waals surface area (Å²) in [6, 6.07) is 5.37. The van der Waals surface area contributed by atoms with E-state index < -0.39 is 11.8 Å². The number of halogens is 1. The first-order valence-electron chi connectivity index (χ1n) is 7.24. The van der Waals surface area contributed by atoms with Crippen LogP contribution in [-0.2, 0) is 9.59 Å². The van der Waals surface area contributed by atoms with Crippen molar-refractivity contribution >= 4 is 50.0 Å². The molecule has 124 valence electrons. The quantitative estimate of drug-likeness (QED) is 0.694. The van der Waals surface area contributed by atoms with Crippen LogP contribution in [0.3, 0.4) is 0 Å². The molecule has 0 spiro atoms. The molecule has 3 N–H and O–H groups in total. The fourth-order valence-electron chi connectivity index (χ4n) is 2.49. The van der Waals surface area contributed by atoms with Gasteiger partial charge in [0.15, 0.2) is 5.69 Å². The van der Waals surface area contributed by atoms with Gasteiger partial charge in [0.1, 0.15) is 0 Å². The van der Waals surface area contributed by atoms with Crippen molar-refractivity contribution < 1.29 is 14.7 Å². The molecule has 9 heteroatoms.